The number of nitro groups is 1. The van der Waals surface area contributed by atoms with Crippen LogP contribution in [0, 0.1) is 10.1 Å². The largest absolute Gasteiger partial charge is 0.379 e. The highest BCUT2D eigenvalue weighted by molar-refractivity contribution is 5.62. The van der Waals surface area contributed by atoms with Crippen molar-refractivity contribution in [3.8, 4) is 11.5 Å². The maximum Gasteiger partial charge on any atom is 0.318 e. The molecule has 1 aliphatic rings. The molecule has 2 aromatic rings. The molecule has 3 rings (SSSR count). The lowest BCUT2D eigenvalue weighted by molar-refractivity contribution is -0.384. The van der Waals surface area contributed by atoms with Crippen molar-refractivity contribution in [2.24, 2.45) is 0 Å². The Morgan fingerprint density at radius 3 is 2.61 bits per heavy atom. The van der Waals surface area contributed by atoms with Gasteiger partial charge in [-0.25, -0.2) is 9.97 Å². The number of nitrogens with zero attached hydrogens (tertiary/aromatic N) is 5. The van der Waals surface area contributed by atoms with Gasteiger partial charge in [0.05, 0.1) is 17.1 Å². The molecule has 2 aromatic heterocycles. The van der Waals surface area contributed by atoms with Gasteiger partial charge in [-0.3, -0.25) is 14.8 Å². The predicted octanol–water partition coefficient (Wildman–Crippen LogP) is 2.77. The van der Waals surface area contributed by atoms with Gasteiger partial charge in [0, 0.05) is 19.0 Å². The fourth-order valence-corrected chi connectivity index (χ4v) is 3.00. The molecule has 0 radical (unpaired) electrons. The zero-order chi connectivity index (χ0) is 16.2. The molecule has 122 valence electrons. The Bertz CT molecular complexity index is 665. The number of rotatable bonds is 5. The molecular formula is C15H19N5O3. The van der Waals surface area contributed by atoms with Gasteiger partial charge >= 0.3 is 5.69 Å². The van der Waals surface area contributed by atoms with E-state index in [-0.39, 0.29) is 23.2 Å². The molecule has 0 aliphatic heterocycles. The highest BCUT2D eigenvalue weighted by atomic mass is 16.6. The first-order valence-corrected chi connectivity index (χ1v) is 7.81. The second-order valence-corrected chi connectivity index (χ2v) is 5.56. The zero-order valence-corrected chi connectivity index (χ0v) is 13.0. The lowest BCUT2D eigenvalue weighted by atomic mass is 9.93. The van der Waals surface area contributed by atoms with E-state index in [1.165, 1.54) is 6.20 Å². The second-order valence-electron chi connectivity index (χ2n) is 5.56. The van der Waals surface area contributed by atoms with Crippen LogP contribution in [0.3, 0.4) is 0 Å². The first-order valence-electron chi connectivity index (χ1n) is 7.81. The average Bonchev–Trinajstić information content (AvgIpc) is 3.02. The minimum Gasteiger partial charge on any atom is -0.379 e. The van der Waals surface area contributed by atoms with Crippen LogP contribution in [0.2, 0.25) is 0 Å². The first-order chi connectivity index (χ1) is 11.2. The van der Waals surface area contributed by atoms with E-state index in [9.17, 15) is 10.1 Å². The van der Waals surface area contributed by atoms with E-state index in [4.69, 9.17) is 4.74 Å². The van der Waals surface area contributed by atoms with Crippen molar-refractivity contribution >= 4 is 5.69 Å². The lowest BCUT2D eigenvalue weighted by Gasteiger charge is -2.28. The van der Waals surface area contributed by atoms with Gasteiger partial charge in [-0.1, -0.05) is 0 Å². The summed E-state index contributed by atoms with van der Waals surface area (Å²) < 4.78 is 7.35. The van der Waals surface area contributed by atoms with Crippen molar-refractivity contribution in [2.75, 3.05) is 6.61 Å². The Labute approximate surface area is 133 Å². The molecule has 0 saturated heterocycles. The Morgan fingerprint density at radius 2 is 2.00 bits per heavy atom. The van der Waals surface area contributed by atoms with Crippen LogP contribution in [0.4, 0.5) is 5.69 Å². The van der Waals surface area contributed by atoms with Gasteiger partial charge < -0.3 is 4.74 Å². The topological polar surface area (TPSA) is 96.0 Å². The molecule has 0 bridgehead atoms. The highest BCUT2D eigenvalue weighted by Gasteiger charge is 2.28. The summed E-state index contributed by atoms with van der Waals surface area (Å²) in [6.45, 7) is 2.72. The molecule has 8 heteroatoms. The van der Waals surface area contributed by atoms with E-state index in [0.29, 0.717) is 6.10 Å². The van der Waals surface area contributed by atoms with Crippen LogP contribution in [-0.4, -0.2) is 37.4 Å². The van der Waals surface area contributed by atoms with Crippen molar-refractivity contribution in [1.29, 1.82) is 0 Å². The molecular weight excluding hydrogens is 298 g/mol. The van der Waals surface area contributed by atoms with Crippen LogP contribution < -0.4 is 0 Å². The quantitative estimate of drug-likeness (QED) is 0.621. The molecule has 0 aromatic carbocycles. The summed E-state index contributed by atoms with van der Waals surface area (Å²) in [7, 11) is 0. The van der Waals surface area contributed by atoms with Crippen LogP contribution >= 0.6 is 0 Å². The second kappa shape index (κ2) is 6.82. The Morgan fingerprint density at radius 1 is 1.30 bits per heavy atom. The van der Waals surface area contributed by atoms with Gasteiger partial charge in [-0.05, 0) is 38.7 Å². The molecule has 1 aliphatic carbocycles. The Balaban J connectivity index is 1.83. The fourth-order valence-electron chi connectivity index (χ4n) is 3.00. The number of ether oxygens (including phenoxy) is 1. The SMILES string of the molecule is CCO[C@H]1CC[C@H](n2cc([N+](=O)[O-])c(-c3ncccn3)n2)CC1. The third kappa shape index (κ3) is 3.37. The van der Waals surface area contributed by atoms with Gasteiger partial charge in [0.15, 0.2) is 5.82 Å². The highest BCUT2D eigenvalue weighted by Crippen LogP contribution is 2.33. The summed E-state index contributed by atoms with van der Waals surface area (Å²) in [5.74, 6) is 0.279. The molecule has 8 nitrogen and oxygen atoms in total. The van der Waals surface area contributed by atoms with E-state index in [1.54, 1.807) is 23.1 Å². The van der Waals surface area contributed by atoms with E-state index < -0.39 is 4.92 Å². The van der Waals surface area contributed by atoms with Crippen LogP contribution in [0.1, 0.15) is 38.6 Å². The van der Waals surface area contributed by atoms with Gasteiger partial charge in [-0.2, -0.15) is 5.10 Å². The van der Waals surface area contributed by atoms with Crippen LogP contribution in [0.15, 0.2) is 24.7 Å². The van der Waals surface area contributed by atoms with Crippen molar-refractivity contribution in [1.82, 2.24) is 19.7 Å². The fraction of sp³-hybridized carbons (Fsp3) is 0.533. The zero-order valence-electron chi connectivity index (χ0n) is 13.0. The van der Waals surface area contributed by atoms with Crippen molar-refractivity contribution in [3.05, 3.63) is 34.8 Å². The third-order valence-corrected chi connectivity index (χ3v) is 4.11. The van der Waals surface area contributed by atoms with Crippen molar-refractivity contribution in [2.45, 2.75) is 44.8 Å². The molecule has 2 heterocycles. The number of hydrogen-bond donors (Lipinski definition) is 0. The summed E-state index contributed by atoms with van der Waals surface area (Å²) in [6, 6.07) is 1.82. The maximum atomic E-state index is 11.3. The van der Waals surface area contributed by atoms with Crippen LogP contribution in [-0.2, 0) is 4.74 Å². The third-order valence-electron chi connectivity index (χ3n) is 4.11. The minimum absolute atomic E-state index is 0.0527. The molecule has 0 amide bonds. The van der Waals surface area contributed by atoms with E-state index in [0.717, 1.165) is 32.3 Å². The summed E-state index contributed by atoms with van der Waals surface area (Å²) in [5, 5.41) is 15.7. The molecule has 1 fully saturated rings. The summed E-state index contributed by atoms with van der Waals surface area (Å²) in [6.07, 6.45) is 8.59. The normalized spacial score (nSPS) is 21.3. The molecule has 0 spiro atoms. The van der Waals surface area contributed by atoms with Crippen molar-refractivity contribution in [3.63, 3.8) is 0 Å². The molecule has 1 saturated carbocycles. The van der Waals surface area contributed by atoms with Gasteiger partial charge in [0.25, 0.3) is 0 Å². The molecule has 0 N–H and O–H groups in total. The van der Waals surface area contributed by atoms with Gasteiger partial charge in [0.1, 0.15) is 6.20 Å². The lowest BCUT2D eigenvalue weighted by Crippen LogP contribution is -2.24. The summed E-state index contributed by atoms with van der Waals surface area (Å²) in [5.41, 5.74) is 0.172. The summed E-state index contributed by atoms with van der Waals surface area (Å²) in [4.78, 5) is 19.0. The first kappa shape index (κ1) is 15.5. The smallest absolute Gasteiger partial charge is 0.318 e. The van der Waals surface area contributed by atoms with Crippen molar-refractivity contribution < 1.29 is 9.66 Å². The minimum atomic E-state index is -0.430. The number of aromatic nitrogens is 4. The predicted molar refractivity (Wildman–Crippen MR) is 82.8 cm³/mol. The molecule has 0 atom stereocenters. The monoisotopic (exact) mass is 317 g/mol. The molecule has 0 unspecified atom stereocenters. The Kier molecular flexibility index (Phi) is 4.61. The van der Waals surface area contributed by atoms with Crippen LogP contribution in [0.25, 0.3) is 11.5 Å². The van der Waals surface area contributed by atoms with Crippen LogP contribution in [0.5, 0.6) is 0 Å². The number of hydrogen-bond acceptors (Lipinski definition) is 6. The Hall–Kier alpha value is -2.35. The van der Waals surface area contributed by atoms with Gasteiger partial charge in [-0.15, -0.1) is 0 Å². The maximum absolute atomic E-state index is 11.3. The molecule has 23 heavy (non-hydrogen) atoms. The standard InChI is InChI=1S/C15H19N5O3/c1-2-23-12-6-4-11(5-7-12)19-10-13(20(21)22)14(18-19)15-16-8-3-9-17-15/h3,8-12H,2,4-7H2,1H3/t11-,12-. The van der Waals surface area contributed by atoms with E-state index in [2.05, 4.69) is 15.1 Å². The average molecular weight is 317 g/mol. The van der Waals surface area contributed by atoms with Gasteiger partial charge in [0.2, 0.25) is 5.69 Å². The van der Waals surface area contributed by atoms with E-state index >= 15 is 0 Å². The van der Waals surface area contributed by atoms with E-state index in [1.807, 2.05) is 6.92 Å². The summed E-state index contributed by atoms with van der Waals surface area (Å²) >= 11 is 0.